The zero-order valence-corrected chi connectivity index (χ0v) is 14.6. The van der Waals surface area contributed by atoms with Crippen LogP contribution in [0.2, 0.25) is 0 Å². The van der Waals surface area contributed by atoms with Crippen LogP contribution in [-0.2, 0) is 11.3 Å². The molecule has 6 nitrogen and oxygen atoms in total. The molecule has 130 valence electrons. The maximum Gasteiger partial charge on any atom is 0.407 e. The Morgan fingerprint density at radius 1 is 1.35 bits per heavy atom. The lowest BCUT2D eigenvalue weighted by Gasteiger charge is -2.22. The summed E-state index contributed by atoms with van der Waals surface area (Å²) in [4.78, 5) is 11.6. The van der Waals surface area contributed by atoms with E-state index in [1.165, 1.54) is 0 Å². The van der Waals surface area contributed by atoms with Gasteiger partial charge in [0, 0.05) is 18.2 Å². The molecule has 0 saturated heterocycles. The van der Waals surface area contributed by atoms with Crippen molar-refractivity contribution in [2.45, 2.75) is 52.3 Å². The summed E-state index contributed by atoms with van der Waals surface area (Å²) in [6.07, 6.45) is 0.347. The van der Waals surface area contributed by atoms with Crippen LogP contribution in [-0.4, -0.2) is 36.5 Å². The molecule has 23 heavy (non-hydrogen) atoms. The van der Waals surface area contributed by atoms with Crippen molar-refractivity contribution in [3.8, 4) is 11.5 Å². The van der Waals surface area contributed by atoms with Gasteiger partial charge in [0.1, 0.15) is 17.1 Å². The van der Waals surface area contributed by atoms with Gasteiger partial charge in [-0.1, -0.05) is 0 Å². The smallest absolute Gasteiger partial charge is 0.407 e. The first-order valence-corrected chi connectivity index (χ1v) is 7.77. The van der Waals surface area contributed by atoms with Crippen molar-refractivity contribution in [2.24, 2.45) is 0 Å². The Kier molecular flexibility index (Phi) is 7.16. The number of phenols is 1. The van der Waals surface area contributed by atoms with E-state index in [-0.39, 0.29) is 11.8 Å². The Labute approximate surface area is 138 Å². The largest absolute Gasteiger partial charge is 0.508 e. The van der Waals surface area contributed by atoms with Crippen LogP contribution in [0.3, 0.4) is 0 Å². The lowest BCUT2D eigenvalue weighted by Crippen LogP contribution is -2.38. The Morgan fingerprint density at radius 2 is 2.04 bits per heavy atom. The average Bonchev–Trinajstić information content (AvgIpc) is 2.43. The number of rotatable bonds is 7. The normalized spacial score (nSPS) is 12.6. The second kappa shape index (κ2) is 8.62. The summed E-state index contributed by atoms with van der Waals surface area (Å²) in [5, 5.41) is 15.8. The van der Waals surface area contributed by atoms with Crippen LogP contribution < -0.4 is 15.4 Å². The second-order valence-corrected chi connectivity index (χ2v) is 6.51. The van der Waals surface area contributed by atoms with Crippen molar-refractivity contribution in [2.75, 3.05) is 13.7 Å². The number of carbonyl (C=O) groups is 1. The molecule has 0 heterocycles. The molecule has 0 aromatic heterocycles. The van der Waals surface area contributed by atoms with Gasteiger partial charge >= 0.3 is 6.09 Å². The van der Waals surface area contributed by atoms with E-state index in [2.05, 4.69) is 10.6 Å². The van der Waals surface area contributed by atoms with E-state index >= 15 is 0 Å². The van der Waals surface area contributed by atoms with Crippen LogP contribution in [0.15, 0.2) is 18.2 Å². The third-order valence-electron chi connectivity index (χ3n) is 3.12. The summed E-state index contributed by atoms with van der Waals surface area (Å²) in [6.45, 7) is 8.66. The van der Waals surface area contributed by atoms with E-state index in [1.54, 1.807) is 25.3 Å². The van der Waals surface area contributed by atoms with Crippen molar-refractivity contribution in [1.29, 1.82) is 0 Å². The molecule has 1 amide bonds. The number of methoxy groups -OCH3 is 1. The standard InChI is InChI=1S/C17H28N2O4/c1-12(19-16(21)23-17(2,3)4)8-9-18-11-13-10-14(22-5)6-7-15(13)20/h6-7,10,12,18,20H,8-9,11H2,1-5H3,(H,19,21). The highest BCUT2D eigenvalue weighted by atomic mass is 16.6. The van der Waals surface area contributed by atoms with E-state index in [0.29, 0.717) is 18.8 Å². The van der Waals surface area contributed by atoms with Gasteiger partial charge in [-0.25, -0.2) is 4.79 Å². The van der Waals surface area contributed by atoms with Crippen LogP contribution in [0.25, 0.3) is 0 Å². The lowest BCUT2D eigenvalue weighted by molar-refractivity contribution is 0.0506. The van der Waals surface area contributed by atoms with Gasteiger partial charge in [0.05, 0.1) is 7.11 Å². The zero-order valence-electron chi connectivity index (χ0n) is 14.6. The minimum atomic E-state index is -0.494. The fraction of sp³-hybridized carbons (Fsp3) is 0.588. The summed E-state index contributed by atoms with van der Waals surface area (Å²) < 4.78 is 10.3. The quantitative estimate of drug-likeness (QED) is 0.672. The molecule has 0 aliphatic carbocycles. The van der Waals surface area contributed by atoms with E-state index in [4.69, 9.17) is 9.47 Å². The monoisotopic (exact) mass is 324 g/mol. The molecule has 6 heteroatoms. The number of aromatic hydroxyl groups is 1. The summed E-state index contributed by atoms with van der Waals surface area (Å²) in [6, 6.07) is 5.12. The average molecular weight is 324 g/mol. The van der Waals surface area contributed by atoms with Crippen molar-refractivity contribution in [1.82, 2.24) is 10.6 Å². The molecule has 0 radical (unpaired) electrons. The van der Waals surface area contributed by atoms with Crippen molar-refractivity contribution >= 4 is 6.09 Å². The van der Waals surface area contributed by atoms with E-state index < -0.39 is 11.7 Å². The van der Waals surface area contributed by atoms with E-state index in [9.17, 15) is 9.90 Å². The van der Waals surface area contributed by atoms with E-state index in [1.807, 2.05) is 27.7 Å². The van der Waals surface area contributed by atoms with Gasteiger partial charge in [-0.05, 0) is 58.9 Å². The van der Waals surface area contributed by atoms with Gasteiger partial charge in [-0.3, -0.25) is 0 Å². The molecule has 0 fully saturated rings. The van der Waals surface area contributed by atoms with Crippen molar-refractivity contribution in [3.63, 3.8) is 0 Å². The molecule has 0 spiro atoms. The molecule has 0 saturated carbocycles. The number of phenolic OH excluding ortho intramolecular Hbond substituents is 1. The summed E-state index contributed by atoms with van der Waals surface area (Å²) in [5.74, 6) is 0.942. The molecule has 1 unspecified atom stereocenters. The van der Waals surface area contributed by atoms with Crippen LogP contribution in [0.5, 0.6) is 11.5 Å². The van der Waals surface area contributed by atoms with Gasteiger partial charge < -0.3 is 25.2 Å². The number of nitrogens with one attached hydrogen (secondary N) is 2. The number of ether oxygens (including phenoxy) is 2. The maximum atomic E-state index is 11.6. The SMILES string of the molecule is COc1ccc(O)c(CNCCC(C)NC(=O)OC(C)(C)C)c1. The van der Waals surface area contributed by atoms with Gasteiger partial charge in [0.2, 0.25) is 0 Å². The Hall–Kier alpha value is -1.95. The van der Waals surface area contributed by atoms with Gasteiger partial charge in [-0.2, -0.15) is 0 Å². The third kappa shape index (κ3) is 7.74. The first-order valence-electron chi connectivity index (χ1n) is 7.77. The molecular weight excluding hydrogens is 296 g/mol. The first-order chi connectivity index (χ1) is 10.7. The number of amides is 1. The van der Waals surface area contributed by atoms with E-state index in [0.717, 1.165) is 12.0 Å². The van der Waals surface area contributed by atoms with Gasteiger partial charge in [-0.15, -0.1) is 0 Å². The topological polar surface area (TPSA) is 79.8 Å². The molecule has 1 aromatic carbocycles. The molecule has 0 aliphatic heterocycles. The van der Waals surface area contributed by atoms with Crippen LogP contribution in [0.4, 0.5) is 4.79 Å². The molecule has 1 aromatic rings. The fourth-order valence-corrected chi connectivity index (χ4v) is 1.95. The number of hydrogen-bond acceptors (Lipinski definition) is 5. The summed E-state index contributed by atoms with van der Waals surface area (Å²) >= 11 is 0. The summed E-state index contributed by atoms with van der Waals surface area (Å²) in [5.41, 5.74) is 0.281. The molecule has 1 atom stereocenters. The summed E-state index contributed by atoms with van der Waals surface area (Å²) in [7, 11) is 1.59. The zero-order chi connectivity index (χ0) is 17.5. The highest BCUT2D eigenvalue weighted by Crippen LogP contribution is 2.22. The number of benzene rings is 1. The Balaban J connectivity index is 2.30. The Morgan fingerprint density at radius 3 is 2.65 bits per heavy atom. The number of carbonyl (C=O) groups excluding carboxylic acids is 1. The van der Waals surface area contributed by atoms with Crippen LogP contribution in [0, 0.1) is 0 Å². The lowest BCUT2D eigenvalue weighted by atomic mass is 10.2. The van der Waals surface area contributed by atoms with Crippen molar-refractivity contribution in [3.05, 3.63) is 23.8 Å². The molecule has 0 aliphatic rings. The molecule has 0 bridgehead atoms. The fourth-order valence-electron chi connectivity index (χ4n) is 1.95. The minimum Gasteiger partial charge on any atom is -0.508 e. The Bertz CT molecular complexity index is 512. The number of alkyl carbamates (subject to hydrolysis) is 1. The molecule has 3 N–H and O–H groups in total. The minimum absolute atomic E-state index is 0.00347. The molecular formula is C17H28N2O4. The number of hydrogen-bond donors (Lipinski definition) is 3. The third-order valence-corrected chi connectivity index (χ3v) is 3.12. The van der Waals surface area contributed by atoms with Crippen LogP contribution >= 0.6 is 0 Å². The highest BCUT2D eigenvalue weighted by Gasteiger charge is 2.17. The van der Waals surface area contributed by atoms with Crippen LogP contribution in [0.1, 0.15) is 39.7 Å². The predicted molar refractivity (Wildman–Crippen MR) is 89.8 cm³/mol. The predicted octanol–water partition coefficient (Wildman–Crippen LogP) is 2.79. The molecule has 1 rings (SSSR count). The first kappa shape index (κ1) is 19.1. The van der Waals surface area contributed by atoms with Gasteiger partial charge in [0.15, 0.2) is 0 Å². The highest BCUT2D eigenvalue weighted by molar-refractivity contribution is 5.68. The van der Waals surface area contributed by atoms with Gasteiger partial charge in [0.25, 0.3) is 0 Å². The maximum absolute atomic E-state index is 11.6. The second-order valence-electron chi connectivity index (χ2n) is 6.51. The van der Waals surface area contributed by atoms with Crippen molar-refractivity contribution < 1.29 is 19.4 Å².